The summed E-state index contributed by atoms with van der Waals surface area (Å²) in [6.07, 6.45) is 0. The van der Waals surface area contributed by atoms with E-state index >= 15 is 0 Å². The quantitative estimate of drug-likeness (QED) is 0.681. The van der Waals surface area contributed by atoms with Crippen LogP contribution in [0.2, 0.25) is 5.02 Å². The van der Waals surface area contributed by atoms with Gasteiger partial charge in [0.1, 0.15) is 0 Å². The van der Waals surface area contributed by atoms with Crippen molar-refractivity contribution in [1.29, 1.82) is 0 Å². The molecule has 0 saturated carbocycles. The average molecular weight is 374 g/mol. The van der Waals surface area contributed by atoms with Crippen LogP contribution in [0.15, 0.2) is 46.3 Å². The molecule has 1 atom stereocenters. The number of allylic oxidation sites excluding steroid dienone is 1. The summed E-state index contributed by atoms with van der Waals surface area (Å²) in [5.41, 5.74) is 4.07. The SMILES string of the molecule is CCOC(=O)C1=C(C)Nc2nc3ccc(Cl)cc3n2C1c1ccsc1. The summed E-state index contributed by atoms with van der Waals surface area (Å²) < 4.78 is 7.33. The lowest BCUT2D eigenvalue weighted by Gasteiger charge is -2.29. The van der Waals surface area contributed by atoms with E-state index < -0.39 is 0 Å². The third-order valence-corrected chi connectivity index (χ3v) is 5.18. The van der Waals surface area contributed by atoms with Crippen molar-refractivity contribution in [3.05, 3.63) is 56.9 Å². The van der Waals surface area contributed by atoms with Gasteiger partial charge in [0.25, 0.3) is 0 Å². The Kier molecular flexibility index (Phi) is 4.01. The topological polar surface area (TPSA) is 56.1 Å². The zero-order valence-corrected chi connectivity index (χ0v) is 15.3. The molecule has 4 rings (SSSR count). The van der Waals surface area contributed by atoms with Gasteiger partial charge in [-0.2, -0.15) is 11.3 Å². The summed E-state index contributed by atoms with van der Waals surface area (Å²) in [6, 6.07) is 7.29. The zero-order chi connectivity index (χ0) is 17.6. The predicted molar refractivity (Wildman–Crippen MR) is 100 cm³/mol. The molecule has 1 aliphatic rings. The van der Waals surface area contributed by atoms with Crippen molar-refractivity contribution < 1.29 is 9.53 Å². The van der Waals surface area contributed by atoms with Crippen LogP contribution in [0.1, 0.15) is 25.5 Å². The monoisotopic (exact) mass is 373 g/mol. The van der Waals surface area contributed by atoms with Gasteiger partial charge in [-0.1, -0.05) is 11.6 Å². The summed E-state index contributed by atoms with van der Waals surface area (Å²) in [7, 11) is 0. The fourth-order valence-corrected chi connectivity index (χ4v) is 4.05. The maximum atomic E-state index is 12.7. The van der Waals surface area contributed by atoms with E-state index in [9.17, 15) is 4.79 Å². The van der Waals surface area contributed by atoms with E-state index in [2.05, 4.69) is 10.3 Å². The second-order valence-electron chi connectivity index (χ2n) is 5.78. The zero-order valence-electron chi connectivity index (χ0n) is 13.7. The van der Waals surface area contributed by atoms with E-state index in [0.29, 0.717) is 23.2 Å². The molecule has 0 fully saturated rings. The van der Waals surface area contributed by atoms with Gasteiger partial charge < -0.3 is 10.1 Å². The van der Waals surface area contributed by atoms with Crippen LogP contribution in [0.4, 0.5) is 5.95 Å². The third kappa shape index (κ3) is 2.62. The number of hydrogen-bond donors (Lipinski definition) is 1. The summed E-state index contributed by atoms with van der Waals surface area (Å²) >= 11 is 7.80. The molecule has 3 aromatic rings. The first-order chi connectivity index (χ1) is 12.1. The first kappa shape index (κ1) is 16.2. The molecule has 1 aromatic carbocycles. The summed E-state index contributed by atoms with van der Waals surface area (Å²) in [5.74, 6) is 0.372. The van der Waals surface area contributed by atoms with E-state index in [4.69, 9.17) is 16.3 Å². The van der Waals surface area contributed by atoms with E-state index in [1.165, 1.54) is 0 Å². The highest BCUT2D eigenvalue weighted by Crippen LogP contribution is 2.40. The lowest BCUT2D eigenvalue weighted by molar-refractivity contribution is -0.139. The number of carbonyl (C=O) groups is 1. The summed E-state index contributed by atoms with van der Waals surface area (Å²) in [6.45, 7) is 4.01. The minimum atomic E-state index is -0.321. The van der Waals surface area contributed by atoms with Gasteiger partial charge >= 0.3 is 5.97 Å². The number of benzene rings is 1. The molecule has 0 bridgehead atoms. The summed E-state index contributed by atoms with van der Waals surface area (Å²) in [5, 5.41) is 7.91. The van der Waals surface area contributed by atoms with Crippen LogP contribution in [0.25, 0.3) is 11.0 Å². The van der Waals surface area contributed by atoms with Crippen molar-refractivity contribution in [2.24, 2.45) is 0 Å². The van der Waals surface area contributed by atoms with Gasteiger partial charge in [0, 0.05) is 10.7 Å². The van der Waals surface area contributed by atoms with Gasteiger partial charge in [-0.05, 0) is 54.4 Å². The first-order valence-electron chi connectivity index (χ1n) is 7.94. The Labute approximate surface area is 153 Å². The molecule has 0 amide bonds. The summed E-state index contributed by atoms with van der Waals surface area (Å²) in [4.78, 5) is 17.3. The van der Waals surface area contributed by atoms with Crippen LogP contribution in [-0.4, -0.2) is 22.1 Å². The molecule has 7 heteroatoms. The Morgan fingerprint density at radius 2 is 2.28 bits per heavy atom. The molecule has 0 aliphatic carbocycles. The van der Waals surface area contributed by atoms with E-state index in [1.54, 1.807) is 11.3 Å². The number of aromatic nitrogens is 2. The number of carbonyl (C=O) groups excluding carboxylic acids is 1. The Bertz CT molecular complexity index is 991. The van der Waals surface area contributed by atoms with Crippen LogP contribution < -0.4 is 5.32 Å². The van der Waals surface area contributed by atoms with Crippen molar-refractivity contribution in [2.45, 2.75) is 19.9 Å². The number of thiophene rings is 1. The molecule has 0 spiro atoms. The van der Waals surface area contributed by atoms with Crippen molar-refractivity contribution in [3.8, 4) is 0 Å². The fourth-order valence-electron chi connectivity index (χ4n) is 3.20. The highest BCUT2D eigenvalue weighted by molar-refractivity contribution is 7.08. The number of rotatable bonds is 3. The van der Waals surface area contributed by atoms with Gasteiger partial charge in [0.05, 0.1) is 29.3 Å². The maximum absolute atomic E-state index is 12.7. The minimum Gasteiger partial charge on any atom is -0.463 e. The van der Waals surface area contributed by atoms with E-state index in [-0.39, 0.29) is 12.0 Å². The van der Waals surface area contributed by atoms with Crippen LogP contribution in [0.5, 0.6) is 0 Å². The van der Waals surface area contributed by atoms with Crippen molar-refractivity contribution in [1.82, 2.24) is 9.55 Å². The molecular weight excluding hydrogens is 358 g/mol. The van der Waals surface area contributed by atoms with Gasteiger partial charge in [-0.3, -0.25) is 4.57 Å². The second-order valence-corrected chi connectivity index (χ2v) is 7.00. The lowest BCUT2D eigenvalue weighted by atomic mass is 9.97. The predicted octanol–water partition coefficient (Wildman–Crippen LogP) is 4.60. The fraction of sp³-hybridized carbons (Fsp3) is 0.222. The number of anilines is 1. The number of imidazole rings is 1. The minimum absolute atomic E-state index is 0.301. The van der Waals surface area contributed by atoms with Crippen molar-refractivity contribution in [2.75, 3.05) is 11.9 Å². The normalized spacial score (nSPS) is 16.7. The Balaban J connectivity index is 1.98. The Morgan fingerprint density at radius 3 is 3.00 bits per heavy atom. The maximum Gasteiger partial charge on any atom is 0.338 e. The molecule has 2 aromatic heterocycles. The molecular formula is C18H16ClN3O2S. The average Bonchev–Trinajstić information content (AvgIpc) is 3.21. The number of fused-ring (bicyclic) bond motifs is 3. The molecule has 128 valence electrons. The Morgan fingerprint density at radius 1 is 1.44 bits per heavy atom. The third-order valence-electron chi connectivity index (χ3n) is 4.24. The van der Waals surface area contributed by atoms with Gasteiger partial charge in [-0.15, -0.1) is 0 Å². The second kappa shape index (κ2) is 6.20. The van der Waals surface area contributed by atoms with Gasteiger partial charge in [0.2, 0.25) is 5.95 Å². The van der Waals surface area contributed by atoms with Crippen LogP contribution in [-0.2, 0) is 9.53 Å². The van der Waals surface area contributed by atoms with Gasteiger partial charge in [0.15, 0.2) is 0 Å². The number of ether oxygens (including phenoxy) is 1. The number of esters is 1. The number of hydrogen-bond acceptors (Lipinski definition) is 5. The molecule has 0 saturated heterocycles. The molecule has 3 heterocycles. The van der Waals surface area contributed by atoms with Crippen LogP contribution in [0.3, 0.4) is 0 Å². The first-order valence-corrected chi connectivity index (χ1v) is 9.26. The van der Waals surface area contributed by atoms with E-state index in [0.717, 1.165) is 22.3 Å². The molecule has 0 radical (unpaired) electrons. The standard InChI is InChI=1S/C18H16ClN3O2S/c1-3-24-17(23)15-10(2)20-18-21-13-5-4-12(19)8-14(13)22(18)16(15)11-6-7-25-9-11/h4-9,16H,3H2,1-2H3,(H,20,21). The van der Waals surface area contributed by atoms with Crippen molar-refractivity contribution in [3.63, 3.8) is 0 Å². The molecule has 25 heavy (non-hydrogen) atoms. The molecule has 1 N–H and O–H groups in total. The number of nitrogens with one attached hydrogen (secondary N) is 1. The van der Waals surface area contributed by atoms with Crippen LogP contribution in [0, 0.1) is 0 Å². The lowest BCUT2D eigenvalue weighted by Crippen LogP contribution is -2.28. The van der Waals surface area contributed by atoms with Crippen LogP contribution >= 0.6 is 22.9 Å². The van der Waals surface area contributed by atoms with E-state index in [1.807, 2.05) is 53.4 Å². The van der Waals surface area contributed by atoms with Gasteiger partial charge in [-0.25, -0.2) is 9.78 Å². The molecule has 5 nitrogen and oxygen atoms in total. The number of halogens is 1. The molecule has 1 unspecified atom stereocenters. The highest BCUT2D eigenvalue weighted by atomic mass is 35.5. The smallest absolute Gasteiger partial charge is 0.338 e. The largest absolute Gasteiger partial charge is 0.463 e. The highest BCUT2D eigenvalue weighted by Gasteiger charge is 2.35. The number of nitrogens with zero attached hydrogens (tertiary/aromatic N) is 2. The molecule has 1 aliphatic heterocycles. The Hall–Kier alpha value is -2.31. The van der Waals surface area contributed by atoms with Crippen molar-refractivity contribution >= 4 is 45.9 Å².